The lowest BCUT2D eigenvalue weighted by molar-refractivity contribution is 0.171. The minimum absolute atomic E-state index is 0.211. The van der Waals surface area contributed by atoms with Crippen molar-refractivity contribution in [3.8, 4) is 17.2 Å². The molecular weight excluding hydrogens is 352 g/mol. The van der Waals surface area contributed by atoms with Gasteiger partial charge in [0.2, 0.25) is 0 Å². The first-order valence-corrected chi connectivity index (χ1v) is 10.3. The van der Waals surface area contributed by atoms with Gasteiger partial charge in [-0.3, -0.25) is 4.90 Å². The number of ether oxygens (including phenoxy) is 3. The molecule has 0 unspecified atom stereocenters. The van der Waals surface area contributed by atoms with Crippen molar-refractivity contribution in [1.82, 2.24) is 4.90 Å². The monoisotopic (exact) mass is 382 g/mol. The molecular formula is C23H30N2O3. The Balaban J connectivity index is 1.35. The van der Waals surface area contributed by atoms with E-state index in [1.807, 2.05) is 6.07 Å². The first kappa shape index (κ1) is 18.9. The van der Waals surface area contributed by atoms with Crippen LogP contribution in [-0.4, -0.2) is 50.4 Å². The van der Waals surface area contributed by atoms with E-state index in [1.54, 1.807) is 0 Å². The Morgan fingerprint density at radius 2 is 1.68 bits per heavy atom. The predicted octanol–water partition coefficient (Wildman–Crippen LogP) is 3.96. The number of anilines is 1. The lowest BCUT2D eigenvalue weighted by Gasteiger charge is -2.26. The highest BCUT2D eigenvalue weighted by molar-refractivity contribution is 5.57. The molecule has 2 aliphatic rings. The number of hydrogen-bond acceptors (Lipinski definition) is 5. The van der Waals surface area contributed by atoms with E-state index in [0.29, 0.717) is 13.2 Å². The zero-order valence-corrected chi connectivity index (χ0v) is 16.9. The van der Waals surface area contributed by atoms with Gasteiger partial charge in [-0.1, -0.05) is 12.1 Å². The lowest BCUT2D eigenvalue weighted by Crippen LogP contribution is -2.30. The third-order valence-corrected chi connectivity index (χ3v) is 5.18. The molecule has 0 amide bonds. The molecule has 0 spiro atoms. The van der Waals surface area contributed by atoms with Crippen molar-refractivity contribution in [1.29, 1.82) is 0 Å². The summed E-state index contributed by atoms with van der Waals surface area (Å²) in [7, 11) is 0. The van der Waals surface area contributed by atoms with E-state index in [0.717, 1.165) is 56.4 Å². The van der Waals surface area contributed by atoms with E-state index in [9.17, 15) is 0 Å². The second-order valence-corrected chi connectivity index (χ2v) is 7.76. The molecule has 0 aromatic heterocycles. The van der Waals surface area contributed by atoms with Crippen molar-refractivity contribution >= 4 is 5.69 Å². The van der Waals surface area contributed by atoms with Crippen LogP contribution in [0.5, 0.6) is 17.2 Å². The molecule has 0 radical (unpaired) electrons. The summed E-state index contributed by atoms with van der Waals surface area (Å²) in [6.45, 7) is 10.6. The molecule has 5 nitrogen and oxygen atoms in total. The second-order valence-electron chi connectivity index (χ2n) is 7.76. The topological polar surface area (TPSA) is 34.2 Å². The normalized spacial score (nSPS) is 17.5. The van der Waals surface area contributed by atoms with Gasteiger partial charge in [0.25, 0.3) is 0 Å². The molecule has 150 valence electrons. The summed E-state index contributed by atoms with van der Waals surface area (Å²) in [4.78, 5) is 4.99. The van der Waals surface area contributed by atoms with Crippen LogP contribution in [0.15, 0.2) is 42.5 Å². The molecule has 0 atom stereocenters. The van der Waals surface area contributed by atoms with Crippen molar-refractivity contribution in [2.24, 2.45) is 0 Å². The van der Waals surface area contributed by atoms with Crippen LogP contribution in [0, 0.1) is 0 Å². The Bertz CT molecular complexity index is 776. The standard InChI is InChI=1S/C23H30N2O3/c1-18(2)28-21-7-4-19(5-8-21)17-24-10-3-11-25(13-12-24)20-6-9-22-23(16-20)27-15-14-26-22/h4-9,16,18H,3,10-15,17H2,1-2H3. The lowest BCUT2D eigenvalue weighted by atomic mass is 10.2. The molecule has 1 fully saturated rings. The van der Waals surface area contributed by atoms with E-state index in [4.69, 9.17) is 14.2 Å². The molecule has 4 rings (SSSR count). The van der Waals surface area contributed by atoms with Crippen LogP contribution in [0.3, 0.4) is 0 Å². The maximum absolute atomic E-state index is 5.75. The van der Waals surface area contributed by atoms with Crippen LogP contribution >= 0.6 is 0 Å². The van der Waals surface area contributed by atoms with Gasteiger partial charge in [0.05, 0.1) is 6.10 Å². The van der Waals surface area contributed by atoms with Crippen molar-refractivity contribution in [3.05, 3.63) is 48.0 Å². The van der Waals surface area contributed by atoms with Crippen molar-refractivity contribution in [2.45, 2.75) is 32.9 Å². The van der Waals surface area contributed by atoms with E-state index in [1.165, 1.54) is 11.3 Å². The van der Waals surface area contributed by atoms with Crippen molar-refractivity contribution in [2.75, 3.05) is 44.3 Å². The van der Waals surface area contributed by atoms with Gasteiger partial charge in [-0.15, -0.1) is 0 Å². The third kappa shape index (κ3) is 4.71. The Morgan fingerprint density at radius 1 is 0.893 bits per heavy atom. The van der Waals surface area contributed by atoms with Crippen molar-refractivity contribution in [3.63, 3.8) is 0 Å². The molecule has 0 N–H and O–H groups in total. The summed E-state index contributed by atoms with van der Waals surface area (Å²) < 4.78 is 17.1. The van der Waals surface area contributed by atoms with Gasteiger partial charge in [0.15, 0.2) is 11.5 Å². The quantitative estimate of drug-likeness (QED) is 0.782. The summed E-state index contributed by atoms with van der Waals surface area (Å²) in [5.41, 5.74) is 2.56. The molecule has 1 saturated heterocycles. The third-order valence-electron chi connectivity index (χ3n) is 5.18. The summed E-state index contributed by atoms with van der Waals surface area (Å²) in [5, 5.41) is 0. The fourth-order valence-electron chi connectivity index (χ4n) is 3.82. The minimum Gasteiger partial charge on any atom is -0.491 e. The van der Waals surface area contributed by atoms with E-state index in [-0.39, 0.29) is 6.10 Å². The first-order valence-electron chi connectivity index (χ1n) is 10.3. The van der Waals surface area contributed by atoms with Crippen LogP contribution < -0.4 is 19.1 Å². The van der Waals surface area contributed by atoms with Crippen LogP contribution in [0.2, 0.25) is 0 Å². The highest BCUT2D eigenvalue weighted by Gasteiger charge is 2.18. The number of fused-ring (bicyclic) bond motifs is 1. The molecule has 2 aromatic rings. The van der Waals surface area contributed by atoms with Gasteiger partial charge in [-0.2, -0.15) is 0 Å². The molecule has 28 heavy (non-hydrogen) atoms. The van der Waals surface area contributed by atoms with Gasteiger partial charge in [-0.05, 0) is 50.1 Å². The molecule has 2 aliphatic heterocycles. The van der Waals surface area contributed by atoms with Crippen LogP contribution in [0.4, 0.5) is 5.69 Å². The number of nitrogens with zero attached hydrogens (tertiary/aromatic N) is 2. The van der Waals surface area contributed by atoms with E-state index < -0.39 is 0 Å². The van der Waals surface area contributed by atoms with Gasteiger partial charge < -0.3 is 19.1 Å². The Kier molecular flexibility index (Phi) is 5.91. The van der Waals surface area contributed by atoms with Gasteiger partial charge in [0, 0.05) is 44.5 Å². The molecule has 2 heterocycles. The first-order chi connectivity index (χ1) is 13.7. The van der Waals surface area contributed by atoms with Gasteiger partial charge in [-0.25, -0.2) is 0 Å². The molecule has 0 saturated carbocycles. The van der Waals surface area contributed by atoms with E-state index >= 15 is 0 Å². The summed E-state index contributed by atoms with van der Waals surface area (Å²) in [6, 6.07) is 14.8. The van der Waals surface area contributed by atoms with Gasteiger partial charge >= 0.3 is 0 Å². The average molecular weight is 383 g/mol. The Hall–Kier alpha value is -2.40. The smallest absolute Gasteiger partial charge is 0.163 e. The number of benzene rings is 2. The second kappa shape index (κ2) is 8.74. The average Bonchev–Trinajstić information content (AvgIpc) is 2.94. The molecule has 0 aliphatic carbocycles. The summed E-state index contributed by atoms with van der Waals surface area (Å²) in [6.07, 6.45) is 1.37. The Labute approximate surface area is 167 Å². The van der Waals surface area contributed by atoms with Gasteiger partial charge in [0.1, 0.15) is 19.0 Å². The number of rotatable bonds is 5. The largest absolute Gasteiger partial charge is 0.491 e. The highest BCUT2D eigenvalue weighted by Crippen LogP contribution is 2.34. The van der Waals surface area contributed by atoms with E-state index in [2.05, 4.69) is 60.0 Å². The number of hydrogen-bond donors (Lipinski definition) is 0. The maximum atomic E-state index is 5.75. The highest BCUT2D eigenvalue weighted by atomic mass is 16.6. The fourth-order valence-corrected chi connectivity index (χ4v) is 3.82. The van der Waals surface area contributed by atoms with Crippen LogP contribution in [0.25, 0.3) is 0 Å². The SMILES string of the molecule is CC(C)Oc1ccc(CN2CCCN(c3ccc4c(c3)OCCO4)CC2)cc1. The zero-order valence-electron chi connectivity index (χ0n) is 16.9. The molecule has 0 bridgehead atoms. The summed E-state index contributed by atoms with van der Waals surface area (Å²) in [5.74, 6) is 2.67. The Morgan fingerprint density at radius 3 is 2.46 bits per heavy atom. The predicted molar refractivity (Wildman–Crippen MR) is 112 cm³/mol. The minimum atomic E-state index is 0.211. The van der Waals surface area contributed by atoms with Crippen LogP contribution in [-0.2, 0) is 6.54 Å². The fraction of sp³-hybridized carbons (Fsp3) is 0.478. The summed E-state index contributed by atoms with van der Waals surface area (Å²) >= 11 is 0. The molecule has 2 aromatic carbocycles. The molecule has 5 heteroatoms. The van der Waals surface area contributed by atoms with Crippen LogP contribution in [0.1, 0.15) is 25.8 Å². The van der Waals surface area contributed by atoms with Crippen molar-refractivity contribution < 1.29 is 14.2 Å². The zero-order chi connectivity index (χ0) is 19.3. The maximum Gasteiger partial charge on any atom is 0.163 e.